The van der Waals surface area contributed by atoms with Crippen molar-refractivity contribution < 1.29 is 14.7 Å². The Morgan fingerprint density at radius 3 is 2.32 bits per heavy atom. The van der Waals surface area contributed by atoms with Crippen LogP contribution in [0.1, 0.15) is 43.6 Å². The second-order valence-corrected chi connectivity index (χ2v) is 6.60. The number of carboxylic acids is 1. The van der Waals surface area contributed by atoms with E-state index < -0.39 is 11.9 Å². The van der Waals surface area contributed by atoms with Crippen LogP contribution < -0.4 is 0 Å². The number of carbonyl (C=O) groups is 2. The highest BCUT2D eigenvalue weighted by molar-refractivity contribution is 5.80. The number of rotatable bonds is 3. The lowest BCUT2D eigenvalue weighted by molar-refractivity contribution is -0.147. The quantitative estimate of drug-likeness (QED) is 0.934. The minimum atomic E-state index is -0.787. The molecular weight excluding hydrogens is 278 g/mol. The van der Waals surface area contributed by atoms with E-state index in [1.165, 1.54) is 0 Å². The lowest BCUT2D eigenvalue weighted by Crippen LogP contribution is -2.47. The van der Waals surface area contributed by atoms with Gasteiger partial charge in [0.25, 0.3) is 0 Å². The van der Waals surface area contributed by atoms with E-state index in [0.29, 0.717) is 19.5 Å². The monoisotopic (exact) mass is 301 g/mol. The Labute approximate surface area is 131 Å². The van der Waals surface area contributed by atoms with Gasteiger partial charge in [0, 0.05) is 24.9 Å². The largest absolute Gasteiger partial charge is 0.481 e. The predicted octanol–water partition coefficient (Wildman–Crippen LogP) is 2.89. The maximum absolute atomic E-state index is 12.7. The number of nitrogens with zero attached hydrogens (tertiary/aromatic N) is 1. The highest BCUT2D eigenvalue weighted by Crippen LogP contribution is 2.33. The van der Waals surface area contributed by atoms with Gasteiger partial charge < -0.3 is 10.0 Å². The molecule has 1 amide bonds. The van der Waals surface area contributed by atoms with Crippen LogP contribution in [0.4, 0.5) is 0 Å². The Bertz CT molecular complexity index is 537. The molecule has 4 nitrogen and oxygen atoms in total. The fourth-order valence-electron chi connectivity index (χ4n) is 3.86. The molecule has 0 bridgehead atoms. The van der Waals surface area contributed by atoms with Gasteiger partial charge >= 0.3 is 5.97 Å². The van der Waals surface area contributed by atoms with Crippen molar-refractivity contribution in [2.24, 2.45) is 11.8 Å². The number of benzene rings is 1. The highest BCUT2D eigenvalue weighted by Gasteiger charge is 2.37. The number of hydrogen-bond acceptors (Lipinski definition) is 2. The molecule has 1 N–H and O–H groups in total. The van der Waals surface area contributed by atoms with Crippen LogP contribution in [-0.2, 0) is 9.59 Å². The zero-order valence-corrected chi connectivity index (χ0v) is 12.8. The van der Waals surface area contributed by atoms with Crippen LogP contribution in [0, 0.1) is 11.8 Å². The molecule has 4 heteroatoms. The minimum Gasteiger partial charge on any atom is -0.481 e. The molecular formula is C18H23NO3. The number of aliphatic carboxylic acids is 1. The maximum Gasteiger partial charge on any atom is 0.308 e. The summed E-state index contributed by atoms with van der Waals surface area (Å²) >= 11 is 0. The summed E-state index contributed by atoms with van der Waals surface area (Å²) in [6.07, 6.45) is 4.78. The highest BCUT2D eigenvalue weighted by atomic mass is 16.4. The molecule has 0 aromatic heterocycles. The van der Waals surface area contributed by atoms with Gasteiger partial charge in [-0.15, -0.1) is 0 Å². The van der Waals surface area contributed by atoms with Crippen molar-refractivity contribution in [3.05, 3.63) is 35.9 Å². The van der Waals surface area contributed by atoms with E-state index in [1.807, 2.05) is 35.2 Å². The molecule has 1 saturated heterocycles. The zero-order valence-electron chi connectivity index (χ0n) is 12.8. The van der Waals surface area contributed by atoms with Crippen molar-refractivity contribution in [1.82, 2.24) is 4.90 Å². The molecule has 0 spiro atoms. The second-order valence-electron chi connectivity index (χ2n) is 6.60. The molecule has 1 heterocycles. The van der Waals surface area contributed by atoms with E-state index in [1.54, 1.807) is 0 Å². The van der Waals surface area contributed by atoms with Crippen LogP contribution in [-0.4, -0.2) is 35.0 Å². The molecule has 1 aromatic carbocycles. The fourth-order valence-corrected chi connectivity index (χ4v) is 3.86. The lowest BCUT2D eigenvalue weighted by Gasteiger charge is -2.37. The van der Waals surface area contributed by atoms with Crippen molar-refractivity contribution >= 4 is 11.9 Å². The van der Waals surface area contributed by atoms with Crippen molar-refractivity contribution in [1.29, 1.82) is 0 Å². The third kappa shape index (κ3) is 3.16. The topological polar surface area (TPSA) is 57.6 Å². The third-order valence-electron chi connectivity index (χ3n) is 5.09. The van der Waals surface area contributed by atoms with Gasteiger partial charge in [0.2, 0.25) is 5.91 Å². The molecule has 22 heavy (non-hydrogen) atoms. The first kappa shape index (κ1) is 15.1. The van der Waals surface area contributed by atoms with E-state index in [2.05, 4.69) is 0 Å². The number of carbonyl (C=O) groups excluding carboxylic acids is 1. The van der Waals surface area contributed by atoms with Crippen LogP contribution in [0.2, 0.25) is 0 Å². The van der Waals surface area contributed by atoms with E-state index >= 15 is 0 Å². The standard InChI is InChI=1S/C18H23NO3/c20-17(14-8-4-5-9-14)19-11-15(10-16(12-19)18(21)22)13-6-2-1-3-7-13/h1-3,6-7,14-16H,4-5,8-12H2,(H,21,22)/t15-,16-/m1/s1. The minimum absolute atomic E-state index is 0.115. The molecule has 0 unspecified atom stereocenters. The van der Waals surface area contributed by atoms with Crippen molar-refractivity contribution in [3.63, 3.8) is 0 Å². The normalized spacial score (nSPS) is 26.1. The summed E-state index contributed by atoms with van der Waals surface area (Å²) in [5.74, 6) is -0.830. The van der Waals surface area contributed by atoms with Crippen LogP contribution in [0.15, 0.2) is 30.3 Å². The van der Waals surface area contributed by atoms with Gasteiger partial charge in [0.15, 0.2) is 0 Å². The summed E-state index contributed by atoms with van der Waals surface area (Å²) in [7, 11) is 0. The first-order chi connectivity index (χ1) is 10.6. The van der Waals surface area contributed by atoms with E-state index in [-0.39, 0.29) is 17.7 Å². The Hall–Kier alpha value is -1.84. The molecule has 1 saturated carbocycles. The average molecular weight is 301 g/mol. The fraction of sp³-hybridized carbons (Fsp3) is 0.556. The Morgan fingerprint density at radius 2 is 1.68 bits per heavy atom. The van der Waals surface area contributed by atoms with Crippen LogP contribution in [0.25, 0.3) is 0 Å². The first-order valence-electron chi connectivity index (χ1n) is 8.21. The van der Waals surface area contributed by atoms with E-state index in [0.717, 1.165) is 31.2 Å². The molecule has 0 radical (unpaired) electrons. The molecule has 2 fully saturated rings. The van der Waals surface area contributed by atoms with Crippen molar-refractivity contribution in [2.75, 3.05) is 13.1 Å². The van der Waals surface area contributed by atoms with Gasteiger partial charge in [-0.25, -0.2) is 0 Å². The summed E-state index contributed by atoms with van der Waals surface area (Å²) in [6.45, 7) is 1.02. The van der Waals surface area contributed by atoms with Gasteiger partial charge in [0.1, 0.15) is 0 Å². The molecule has 118 valence electrons. The second kappa shape index (κ2) is 6.51. The number of likely N-dealkylation sites (tertiary alicyclic amines) is 1. The Morgan fingerprint density at radius 1 is 1.00 bits per heavy atom. The van der Waals surface area contributed by atoms with E-state index in [9.17, 15) is 14.7 Å². The Kier molecular flexibility index (Phi) is 4.46. The van der Waals surface area contributed by atoms with Gasteiger partial charge in [0.05, 0.1) is 5.92 Å². The predicted molar refractivity (Wildman–Crippen MR) is 83.5 cm³/mol. The average Bonchev–Trinajstić information content (AvgIpc) is 3.09. The van der Waals surface area contributed by atoms with Crippen LogP contribution in [0.3, 0.4) is 0 Å². The summed E-state index contributed by atoms with van der Waals surface area (Å²) in [5, 5.41) is 9.43. The van der Waals surface area contributed by atoms with Crippen molar-refractivity contribution in [2.45, 2.75) is 38.0 Å². The number of carboxylic acid groups (broad SMARTS) is 1. The summed E-state index contributed by atoms with van der Waals surface area (Å²) in [5.41, 5.74) is 1.14. The zero-order chi connectivity index (χ0) is 15.5. The molecule has 1 aliphatic heterocycles. The number of amides is 1. The van der Waals surface area contributed by atoms with Crippen LogP contribution in [0.5, 0.6) is 0 Å². The maximum atomic E-state index is 12.7. The van der Waals surface area contributed by atoms with Gasteiger partial charge in [-0.1, -0.05) is 43.2 Å². The number of hydrogen-bond donors (Lipinski definition) is 1. The van der Waals surface area contributed by atoms with Gasteiger partial charge in [-0.05, 0) is 24.8 Å². The SMILES string of the molecule is O=C(O)[C@@H]1C[C@@H](c2ccccc2)CN(C(=O)C2CCCC2)C1. The summed E-state index contributed by atoms with van der Waals surface area (Å²) in [6, 6.07) is 9.98. The van der Waals surface area contributed by atoms with E-state index in [4.69, 9.17) is 0 Å². The number of piperidine rings is 1. The smallest absolute Gasteiger partial charge is 0.308 e. The third-order valence-corrected chi connectivity index (χ3v) is 5.09. The first-order valence-corrected chi connectivity index (χ1v) is 8.21. The van der Waals surface area contributed by atoms with Crippen LogP contribution >= 0.6 is 0 Å². The van der Waals surface area contributed by atoms with Gasteiger partial charge in [-0.3, -0.25) is 9.59 Å². The lowest BCUT2D eigenvalue weighted by atomic mass is 9.84. The van der Waals surface area contributed by atoms with Gasteiger partial charge in [-0.2, -0.15) is 0 Å². The molecule has 3 rings (SSSR count). The molecule has 1 aromatic rings. The summed E-state index contributed by atoms with van der Waals surface area (Å²) < 4.78 is 0. The Balaban J connectivity index is 1.78. The van der Waals surface area contributed by atoms with Crippen molar-refractivity contribution in [3.8, 4) is 0 Å². The molecule has 1 aliphatic carbocycles. The molecule has 2 aliphatic rings. The summed E-state index contributed by atoms with van der Waals surface area (Å²) in [4.78, 5) is 26.0. The molecule has 2 atom stereocenters.